The predicted octanol–water partition coefficient (Wildman–Crippen LogP) is 3.11. The molecule has 0 spiro atoms. The van der Waals surface area contributed by atoms with Gasteiger partial charge in [0, 0.05) is 20.2 Å². The summed E-state index contributed by atoms with van der Waals surface area (Å²) in [5.74, 6) is -0.0573. The largest absolute Gasteiger partial charge is 0.333 e. The van der Waals surface area contributed by atoms with Crippen LogP contribution in [0.15, 0.2) is 23.6 Å². The minimum Gasteiger partial charge on any atom is -0.333 e. The molecule has 0 aromatic carbocycles. The Labute approximate surface area is 125 Å². The van der Waals surface area contributed by atoms with E-state index in [0.717, 1.165) is 14.6 Å². The van der Waals surface area contributed by atoms with Gasteiger partial charge in [-0.1, -0.05) is 6.07 Å². The van der Waals surface area contributed by atoms with Gasteiger partial charge in [0.25, 0.3) is 0 Å². The molecule has 2 heterocycles. The molecule has 2 aromatic rings. The maximum absolute atomic E-state index is 12.0. The van der Waals surface area contributed by atoms with Crippen LogP contribution >= 0.6 is 22.7 Å². The molecule has 4 nitrogen and oxygen atoms in total. The highest BCUT2D eigenvalue weighted by atomic mass is 32.1. The number of Topliss-reactive ketones (excluding diaryl/α,β-unsaturated/α-hetero) is 1. The van der Waals surface area contributed by atoms with Crippen molar-refractivity contribution < 1.29 is 9.59 Å². The highest BCUT2D eigenvalue weighted by Crippen LogP contribution is 2.20. The number of ketones is 1. The van der Waals surface area contributed by atoms with Crippen LogP contribution in [0, 0.1) is 13.8 Å². The van der Waals surface area contributed by atoms with Gasteiger partial charge in [0.2, 0.25) is 0 Å². The molecule has 6 heteroatoms. The molecule has 0 radical (unpaired) electrons. The highest BCUT2D eigenvalue weighted by Gasteiger charge is 2.12. The Morgan fingerprint density at radius 2 is 2.05 bits per heavy atom. The maximum atomic E-state index is 12.0. The predicted molar refractivity (Wildman–Crippen MR) is 82.7 cm³/mol. The van der Waals surface area contributed by atoms with E-state index in [2.05, 4.69) is 10.6 Å². The molecule has 0 fully saturated rings. The molecule has 0 aliphatic carbocycles. The lowest BCUT2D eigenvalue weighted by Gasteiger charge is -2.06. The molecule has 20 heavy (non-hydrogen) atoms. The van der Waals surface area contributed by atoms with Gasteiger partial charge in [-0.2, -0.15) is 0 Å². The molecule has 0 atom stereocenters. The van der Waals surface area contributed by atoms with Crippen molar-refractivity contribution >= 4 is 34.5 Å². The first-order valence-electron chi connectivity index (χ1n) is 6.20. The third-order valence-corrected chi connectivity index (χ3v) is 4.60. The lowest BCUT2D eigenvalue weighted by molar-refractivity contribution is 0.0992. The van der Waals surface area contributed by atoms with E-state index in [1.54, 1.807) is 22.7 Å². The van der Waals surface area contributed by atoms with Gasteiger partial charge in [-0.3, -0.25) is 4.79 Å². The Morgan fingerprint density at radius 3 is 2.65 bits per heavy atom. The Kier molecular flexibility index (Phi) is 4.92. The summed E-state index contributed by atoms with van der Waals surface area (Å²) >= 11 is 3.18. The summed E-state index contributed by atoms with van der Waals surface area (Å²) in [6.45, 7) is 4.39. The molecule has 0 saturated heterocycles. The SMILES string of the molecule is Cc1cc(C(=O)CNC(=O)NCc2cccs2)c(C)s1. The molecule has 0 unspecified atom stereocenters. The van der Waals surface area contributed by atoms with Crippen LogP contribution in [-0.4, -0.2) is 18.4 Å². The van der Waals surface area contributed by atoms with E-state index < -0.39 is 0 Å². The van der Waals surface area contributed by atoms with Crippen molar-refractivity contribution in [2.75, 3.05) is 6.54 Å². The lowest BCUT2D eigenvalue weighted by Crippen LogP contribution is -2.38. The normalized spacial score (nSPS) is 10.3. The van der Waals surface area contributed by atoms with Crippen LogP contribution in [-0.2, 0) is 6.54 Å². The van der Waals surface area contributed by atoms with Crippen LogP contribution in [0.2, 0.25) is 0 Å². The van der Waals surface area contributed by atoms with Crippen molar-refractivity contribution in [1.29, 1.82) is 0 Å². The smallest absolute Gasteiger partial charge is 0.315 e. The van der Waals surface area contributed by atoms with Gasteiger partial charge < -0.3 is 10.6 Å². The summed E-state index contributed by atoms with van der Waals surface area (Å²) in [5, 5.41) is 7.27. The Morgan fingerprint density at radius 1 is 1.25 bits per heavy atom. The van der Waals surface area contributed by atoms with Crippen molar-refractivity contribution in [2.24, 2.45) is 0 Å². The topological polar surface area (TPSA) is 58.2 Å². The molecule has 2 aromatic heterocycles. The standard InChI is InChI=1S/C14H16N2O2S2/c1-9-6-12(10(2)20-9)13(17)8-16-14(18)15-7-11-4-3-5-19-11/h3-6H,7-8H2,1-2H3,(H2,15,16,18). The third-order valence-electron chi connectivity index (χ3n) is 2.75. The molecule has 0 bridgehead atoms. The number of rotatable bonds is 5. The van der Waals surface area contributed by atoms with Crippen LogP contribution in [0.5, 0.6) is 0 Å². The second kappa shape index (κ2) is 6.67. The molecule has 2 amide bonds. The summed E-state index contributed by atoms with van der Waals surface area (Å²) in [7, 11) is 0. The molecule has 106 valence electrons. The fourth-order valence-electron chi connectivity index (χ4n) is 1.81. The van der Waals surface area contributed by atoms with E-state index in [0.29, 0.717) is 12.1 Å². The number of carbonyl (C=O) groups excluding carboxylic acids is 2. The van der Waals surface area contributed by atoms with Gasteiger partial charge in [-0.05, 0) is 31.4 Å². The second-order valence-corrected chi connectivity index (χ2v) is 6.86. The van der Waals surface area contributed by atoms with E-state index in [1.165, 1.54) is 0 Å². The zero-order valence-corrected chi connectivity index (χ0v) is 13.0. The van der Waals surface area contributed by atoms with Gasteiger partial charge in [0.1, 0.15) is 0 Å². The summed E-state index contributed by atoms with van der Waals surface area (Å²) < 4.78 is 0. The summed E-state index contributed by atoms with van der Waals surface area (Å²) in [6.07, 6.45) is 0. The molecule has 2 rings (SSSR count). The number of hydrogen-bond acceptors (Lipinski definition) is 4. The minimum atomic E-state index is -0.323. The van der Waals surface area contributed by atoms with Crippen LogP contribution in [0.25, 0.3) is 0 Å². The van der Waals surface area contributed by atoms with Gasteiger partial charge in [-0.15, -0.1) is 22.7 Å². The molecule has 0 saturated carbocycles. The summed E-state index contributed by atoms with van der Waals surface area (Å²) in [6, 6.07) is 5.43. The average Bonchev–Trinajstić information content (AvgIpc) is 3.03. The third kappa shape index (κ3) is 3.91. The number of nitrogens with one attached hydrogen (secondary N) is 2. The van der Waals surface area contributed by atoms with Crippen LogP contribution < -0.4 is 10.6 Å². The molecule has 2 N–H and O–H groups in total. The van der Waals surface area contributed by atoms with Crippen LogP contribution in [0.3, 0.4) is 0 Å². The van der Waals surface area contributed by atoms with E-state index >= 15 is 0 Å². The fourth-order valence-corrected chi connectivity index (χ4v) is 3.39. The Balaban J connectivity index is 1.78. The minimum absolute atomic E-state index is 0.0211. The molecular weight excluding hydrogens is 292 g/mol. The Hall–Kier alpha value is -1.66. The van der Waals surface area contributed by atoms with E-state index in [-0.39, 0.29) is 18.4 Å². The monoisotopic (exact) mass is 308 g/mol. The summed E-state index contributed by atoms with van der Waals surface area (Å²) in [4.78, 5) is 26.8. The quantitative estimate of drug-likeness (QED) is 0.834. The number of aryl methyl sites for hydroxylation is 2. The average molecular weight is 308 g/mol. The first-order chi connectivity index (χ1) is 9.56. The van der Waals surface area contributed by atoms with E-state index in [4.69, 9.17) is 0 Å². The number of hydrogen-bond donors (Lipinski definition) is 2. The maximum Gasteiger partial charge on any atom is 0.315 e. The fraction of sp³-hybridized carbons (Fsp3) is 0.286. The van der Waals surface area contributed by atoms with E-state index in [9.17, 15) is 9.59 Å². The van der Waals surface area contributed by atoms with Crippen molar-refractivity contribution in [2.45, 2.75) is 20.4 Å². The summed E-state index contributed by atoms with van der Waals surface area (Å²) in [5.41, 5.74) is 0.700. The van der Waals surface area contributed by atoms with Gasteiger partial charge in [-0.25, -0.2) is 4.79 Å². The number of thiophene rings is 2. The zero-order chi connectivity index (χ0) is 14.5. The molecular formula is C14H16N2O2S2. The van der Waals surface area contributed by atoms with Crippen LogP contribution in [0.1, 0.15) is 25.0 Å². The second-order valence-electron chi connectivity index (χ2n) is 4.37. The number of amides is 2. The van der Waals surface area contributed by atoms with Crippen molar-refractivity contribution in [3.8, 4) is 0 Å². The highest BCUT2D eigenvalue weighted by molar-refractivity contribution is 7.12. The van der Waals surface area contributed by atoms with Crippen LogP contribution in [0.4, 0.5) is 4.79 Å². The van der Waals surface area contributed by atoms with Crippen molar-refractivity contribution in [1.82, 2.24) is 10.6 Å². The first-order valence-corrected chi connectivity index (χ1v) is 7.90. The van der Waals surface area contributed by atoms with Crippen molar-refractivity contribution in [3.63, 3.8) is 0 Å². The van der Waals surface area contributed by atoms with Crippen molar-refractivity contribution in [3.05, 3.63) is 43.8 Å². The number of urea groups is 1. The molecule has 0 aliphatic rings. The zero-order valence-electron chi connectivity index (χ0n) is 11.4. The number of carbonyl (C=O) groups is 2. The van der Waals surface area contributed by atoms with Gasteiger partial charge in [0.15, 0.2) is 5.78 Å². The van der Waals surface area contributed by atoms with Gasteiger partial charge >= 0.3 is 6.03 Å². The van der Waals surface area contributed by atoms with E-state index in [1.807, 2.05) is 37.4 Å². The lowest BCUT2D eigenvalue weighted by atomic mass is 10.1. The first kappa shape index (κ1) is 14.7. The Bertz CT molecular complexity index is 603. The van der Waals surface area contributed by atoms with Gasteiger partial charge in [0.05, 0.1) is 13.1 Å². The molecule has 0 aliphatic heterocycles.